The minimum Gasteiger partial charge on any atom is -0.324 e. The lowest BCUT2D eigenvalue weighted by molar-refractivity contribution is -0.118. The first kappa shape index (κ1) is 21.0. The molecule has 4 rings (SSSR count). The van der Waals surface area contributed by atoms with E-state index in [1.165, 1.54) is 17.6 Å². The van der Waals surface area contributed by atoms with Gasteiger partial charge in [-0.2, -0.15) is 0 Å². The Morgan fingerprint density at radius 3 is 2.27 bits per heavy atom. The Kier molecular flexibility index (Phi) is 5.42. The van der Waals surface area contributed by atoms with E-state index in [1.807, 2.05) is 12.1 Å². The summed E-state index contributed by atoms with van der Waals surface area (Å²) in [4.78, 5) is 17.9. The monoisotopic (exact) mass is 422 g/mol. The highest BCUT2D eigenvalue weighted by atomic mass is 32.2. The Morgan fingerprint density at radius 2 is 1.77 bits per heavy atom. The average molecular weight is 423 g/mol. The normalized spacial score (nSPS) is 22.7. The summed E-state index contributed by atoms with van der Waals surface area (Å²) in [6.07, 6.45) is 4.85. The summed E-state index contributed by atoms with van der Waals surface area (Å²) in [7, 11) is 0. The molecule has 1 aromatic heterocycles. The highest BCUT2D eigenvalue weighted by molar-refractivity contribution is 7.99. The molecule has 2 fully saturated rings. The number of nitrogens with one attached hydrogen (secondary N) is 1. The molecule has 30 heavy (non-hydrogen) atoms. The van der Waals surface area contributed by atoms with Crippen LogP contribution < -0.4 is 5.32 Å². The zero-order valence-corrected chi connectivity index (χ0v) is 19.1. The first-order chi connectivity index (χ1) is 14.2. The number of benzene rings is 1. The fraction of sp³-hybridized carbons (Fsp3) is 0.423. The maximum absolute atomic E-state index is 12.2. The Bertz CT molecular complexity index is 1010. The van der Waals surface area contributed by atoms with E-state index in [1.54, 1.807) is 18.0 Å². The van der Waals surface area contributed by atoms with Crippen LogP contribution in [0.3, 0.4) is 0 Å². The lowest BCUT2D eigenvalue weighted by atomic mass is 9.97. The van der Waals surface area contributed by atoms with Gasteiger partial charge in [0.2, 0.25) is 5.91 Å². The van der Waals surface area contributed by atoms with Gasteiger partial charge in [-0.05, 0) is 65.0 Å². The van der Waals surface area contributed by atoms with Gasteiger partial charge in [0, 0.05) is 20.1 Å². The molecule has 3 nitrogen and oxygen atoms in total. The Labute approximate surface area is 187 Å². The molecule has 2 saturated carbocycles. The average Bonchev–Trinajstić information content (AvgIpc) is 3.56. The molecule has 2 aliphatic rings. The van der Waals surface area contributed by atoms with E-state index in [9.17, 15) is 4.79 Å². The molecule has 0 spiro atoms. The summed E-state index contributed by atoms with van der Waals surface area (Å²) >= 11 is 1.63. The fourth-order valence-corrected chi connectivity index (χ4v) is 4.80. The molecule has 0 aliphatic heterocycles. The van der Waals surface area contributed by atoms with Gasteiger partial charge in [-0.15, -0.1) is 5.73 Å². The number of amides is 1. The number of allylic oxidation sites excluding steroid dienone is 1. The van der Waals surface area contributed by atoms with Crippen molar-refractivity contribution in [3.05, 3.63) is 66.0 Å². The largest absolute Gasteiger partial charge is 0.324 e. The van der Waals surface area contributed by atoms with Crippen LogP contribution in [0.25, 0.3) is 0 Å². The Balaban J connectivity index is 0.00000181. The summed E-state index contributed by atoms with van der Waals surface area (Å²) in [6, 6.07) is 12.5. The summed E-state index contributed by atoms with van der Waals surface area (Å²) in [5.41, 5.74) is 7.10. The van der Waals surface area contributed by atoms with Crippen LogP contribution in [0, 0.1) is 22.7 Å². The van der Waals surface area contributed by atoms with E-state index >= 15 is 0 Å². The number of nitrogens with zero attached hydrogens (tertiary/aromatic N) is 1. The number of anilines is 1. The van der Waals surface area contributed by atoms with E-state index < -0.39 is 0 Å². The highest BCUT2D eigenvalue weighted by Gasteiger charge is 2.50. The zero-order valence-electron chi connectivity index (χ0n) is 18.3. The summed E-state index contributed by atoms with van der Waals surface area (Å²) in [5.74, 6) is 0.839. The molecule has 0 radical (unpaired) electrons. The molecule has 2 aliphatic carbocycles. The van der Waals surface area contributed by atoms with Crippen molar-refractivity contribution in [3.63, 3.8) is 0 Å². The van der Waals surface area contributed by atoms with Crippen LogP contribution in [0.15, 0.2) is 70.4 Å². The number of aromatic nitrogens is 1. The summed E-state index contributed by atoms with van der Waals surface area (Å²) in [5, 5.41) is 3.89. The van der Waals surface area contributed by atoms with Crippen LogP contribution in [0.4, 0.5) is 5.69 Å². The number of hydrogen-bond donors (Lipinski definition) is 1. The summed E-state index contributed by atoms with van der Waals surface area (Å²) in [6.45, 7) is 12.8. The quantitative estimate of drug-likeness (QED) is 0.488. The highest BCUT2D eigenvalue weighted by Crippen LogP contribution is 2.56. The number of carbonyl (C=O) groups excluding carboxylic acids is 1. The molecule has 2 unspecified atom stereocenters. The smallest absolute Gasteiger partial charge is 0.228 e. The molecule has 2 atom stereocenters. The van der Waals surface area contributed by atoms with Crippen LogP contribution in [-0.4, -0.2) is 10.9 Å². The van der Waals surface area contributed by atoms with E-state index in [-0.39, 0.29) is 20.1 Å². The number of carbonyl (C=O) groups is 1. The second-order valence-electron chi connectivity index (χ2n) is 9.99. The summed E-state index contributed by atoms with van der Waals surface area (Å²) < 4.78 is 0. The van der Waals surface area contributed by atoms with Crippen LogP contribution in [-0.2, 0) is 11.2 Å². The van der Waals surface area contributed by atoms with Crippen molar-refractivity contribution in [1.29, 1.82) is 0 Å². The molecule has 0 saturated heterocycles. The lowest BCUT2D eigenvalue weighted by Crippen LogP contribution is -2.16. The van der Waals surface area contributed by atoms with Crippen LogP contribution in [0.5, 0.6) is 0 Å². The van der Waals surface area contributed by atoms with Gasteiger partial charge < -0.3 is 5.32 Å². The van der Waals surface area contributed by atoms with Gasteiger partial charge in [0.25, 0.3) is 0 Å². The second kappa shape index (κ2) is 7.76. The van der Waals surface area contributed by atoms with E-state index in [0.717, 1.165) is 28.5 Å². The topological polar surface area (TPSA) is 42.0 Å². The molecule has 0 bridgehead atoms. The van der Waals surface area contributed by atoms with E-state index in [2.05, 4.69) is 74.6 Å². The van der Waals surface area contributed by atoms with Gasteiger partial charge in [0.05, 0.1) is 11.9 Å². The Morgan fingerprint density at radius 1 is 1.13 bits per heavy atom. The Hall–Kier alpha value is -2.29. The third kappa shape index (κ3) is 4.71. The van der Waals surface area contributed by atoms with Crippen LogP contribution in [0.1, 0.15) is 49.0 Å². The second-order valence-corrected chi connectivity index (χ2v) is 11.1. The lowest BCUT2D eigenvalue weighted by Gasteiger charge is -2.09. The third-order valence-electron chi connectivity index (χ3n) is 6.54. The van der Waals surface area contributed by atoms with Gasteiger partial charge >= 0.3 is 0 Å². The van der Waals surface area contributed by atoms with Crippen LogP contribution in [0.2, 0.25) is 0 Å². The molecule has 1 heterocycles. The van der Waals surface area contributed by atoms with Crippen molar-refractivity contribution >= 4 is 23.4 Å². The van der Waals surface area contributed by atoms with Crippen molar-refractivity contribution < 1.29 is 7.65 Å². The molecule has 1 amide bonds. The van der Waals surface area contributed by atoms with Crippen LogP contribution >= 0.6 is 11.8 Å². The van der Waals surface area contributed by atoms with Crippen molar-refractivity contribution in [2.75, 3.05) is 5.32 Å². The fourth-order valence-electron chi connectivity index (χ4n) is 4.05. The van der Waals surface area contributed by atoms with Crippen molar-refractivity contribution in [3.8, 4) is 0 Å². The maximum Gasteiger partial charge on any atom is 0.228 e. The molecular weight excluding hydrogens is 388 g/mol. The zero-order chi connectivity index (χ0) is 21.5. The molecule has 1 aromatic carbocycles. The number of rotatable bonds is 7. The van der Waals surface area contributed by atoms with Gasteiger partial charge in [0.15, 0.2) is 0 Å². The minimum atomic E-state index is 0. The molecular formula is C26H34N2OS. The first-order valence-electron chi connectivity index (χ1n) is 10.6. The predicted octanol–water partition coefficient (Wildman–Crippen LogP) is 7.01. The van der Waals surface area contributed by atoms with Gasteiger partial charge in [-0.1, -0.05) is 58.2 Å². The first-order valence-corrected chi connectivity index (χ1v) is 11.4. The minimum absolute atomic E-state index is 0. The van der Waals surface area contributed by atoms with Crippen molar-refractivity contribution in [2.45, 2.75) is 56.9 Å². The van der Waals surface area contributed by atoms with Crippen molar-refractivity contribution in [1.82, 2.24) is 4.98 Å². The van der Waals surface area contributed by atoms with Gasteiger partial charge in [0.1, 0.15) is 5.03 Å². The molecule has 1 N–H and O–H groups in total. The number of pyridine rings is 1. The third-order valence-corrected chi connectivity index (χ3v) is 7.49. The van der Waals surface area contributed by atoms with Gasteiger partial charge in [-0.3, -0.25) is 4.79 Å². The van der Waals surface area contributed by atoms with E-state index in [4.69, 9.17) is 0 Å². The SMILES string of the molecule is C=C=C(Cc1ccc(Sc2ccc(NC(=O)C3CC3(C)C)cn2)cc1)C1CC1(C)C.[HH].[HH]. The van der Waals surface area contributed by atoms with E-state index in [0.29, 0.717) is 11.3 Å². The molecule has 160 valence electrons. The predicted molar refractivity (Wildman–Crippen MR) is 128 cm³/mol. The molecule has 4 heteroatoms. The molecule has 2 aromatic rings. The van der Waals surface area contributed by atoms with Crippen molar-refractivity contribution in [2.24, 2.45) is 22.7 Å². The standard InChI is InChI=1S/C26H30N2OS.2H2/c1-6-18(21-14-25(21,2)3)13-17-7-10-20(11-8-17)30-23-12-9-19(16-27-23)28-24(29)22-15-26(22,4)5;;/h7-12,16,21-22H,1,13-15H2,2-5H3,(H,28,29);2*1H. The number of hydrogen-bond acceptors (Lipinski definition) is 3. The maximum atomic E-state index is 12.2. The van der Waals surface area contributed by atoms with Gasteiger partial charge in [-0.25, -0.2) is 4.98 Å².